The summed E-state index contributed by atoms with van der Waals surface area (Å²) in [5, 5.41) is 18.9. The average molecular weight is 555 g/mol. The SMILES string of the molecule is Cc1c(-c2ccnn2-c2ccc(C#N)cc2)cn2nc(NC(=O)C(F)(F)F)nc2c1-c1cccc(C(F)(F)F)c1. The number of hydrogen-bond donors (Lipinski definition) is 1. The Morgan fingerprint density at radius 3 is 2.40 bits per heavy atom. The molecule has 3 aromatic heterocycles. The molecule has 0 spiro atoms. The zero-order chi connectivity index (χ0) is 28.8. The average Bonchev–Trinajstić information content (AvgIpc) is 3.54. The second kappa shape index (κ2) is 9.53. The molecule has 8 nitrogen and oxygen atoms in total. The van der Waals surface area contributed by atoms with Gasteiger partial charge in [0.25, 0.3) is 0 Å². The fourth-order valence-corrected chi connectivity index (χ4v) is 4.18. The van der Waals surface area contributed by atoms with Crippen LogP contribution in [0.3, 0.4) is 0 Å². The highest BCUT2D eigenvalue weighted by atomic mass is 19.4. The lowest BCUT2D eigenvalue weighted by molar-refractivity contribution is -0.167. The zero-order valence-electron chi connectivity index (χ0n) is 20.2. The number of nitrogens with one attached hydrogen (secondary N) is 1. The summed E-state index contributed by atoms with van der Waals surface area (Å²) in [4.78, 5) is 15.5. The number of halogens is 6. The molecule has 5 rings (SSSR count). The van der Waals surface area contributed by atoms with Crippen molar-refractivity contribution >= 4 is 17.5 Å². The number of alkyl halides is 6. The maximum Gasteiger partial charge on any atom is 0.471 e. The van der Waals surface area contributed by atoms with Gasteiger partial charge < -0.3 is 0 Å². The molecule has 0 saturated carbocycles. The maximum absolute atomic E-state index is 13.5. The normalized spacial score (nSPS) is 11.9. The predicted molar refractivity (Wildman–Crippen MR) is 130 cm³/mol. The molecule has 0 aliphatic carbocycles. The number of nitriles is 1. The van der Waals surface area contributed by atoms with Crippen molar-refractivity contribution in [3.8, 4) is 34.1 Å². The Hall–Kier alpha value is -5.19. The molecule has 0 fully saturated rings. The Balaban J connectivity index is 1.74. The molecule has 2 aromatic carbocycles. The highest BCUT2D eigenvalue weighted by Crippen LogP contribution is 2.38. The highest BCUT2D eigenvalue weighted by Gasteiger charge is 2.39. The number of rotatable bonds is 4. The van der Waals surface area contributed by atoms with Crippen LogP contribution >= 0.6 is 0 Å². The maximum atomic E-state index is 13.5. The van der Waals surface area contributed by atoms with Gasteiger partial charge in [-0.2, -0.15) is 41.7 Å². The van der Waals surface area contributed by atoms with Crippen molar-refractivity contribution in [2.75, 3.05) is 5.32 Å². The van der Waals surface area contributed by atoms with Crippen LogP contribution in [0.4, 0.5) is 32.3 Å². The first-order valence-corrected chi connectivity index (χ1v) is 11.4. The van der Waals surface area contributed by atoms with Gasteiger partial charge in [0, 0.05) is 17.3 Å². The molecule has 202 valence electrons. The molecule has 0 saturated heterocycles. The Morgan fingerprint density at radius 2 is 1.75 bits per heavy atom. The summed E-state index contributed by atoms with van der Waals surface area (Å²) >= 11 is 0. The third-order valence-corrected chi connectivity index (χ3v) is 6.01. The largest absolute Gasteiger partial charge is 0.471 e. The number of nitrogens with zero attached hydrogens (tertiary/aromatic N) is 6. The van der Waals surface area contributed by atoms with Gasteiger partial charge in [0.1, 0.15) is 0 Å². The molecule has 0 aliphatic rings. The van der Waals surface area contributed by atoms with Crippen LogP contribution in [0.15, 0.2) is 67.0 Å². The van der Waals surface area contributed by atoms with Crippen LogP contribution in [0.2, 0.25) is 0 Å². The van der Waals surface area contributed by atoms with E-state index in [1.807, 2.05) is 6.07 Å². The van der Waals surface area contributed by atoms with Crippen LogP contribution in [-0.2, 0) is 11.0 Å². The number of aromatic nitrogens is 5. The van der Waals surface area contributed by atoms with Crippen LogP contribution in [-0.4, -0.2) is 36.5 Å². The summed E-state index contributed by atoms with van der Waals surface area (Å²) < 4.78 is 81.8. The van der Waals surface area contributed by atoms with Crippen molar-refractivity contribution in [3.63, 3.8) is 0 Å². The summed E-state index contributed by atoms with van der Waals surface area (Å²) in [6.07, 6.45) is -6.96. The fraction of sp³-hybridized carbons (Fsp3) is 0.115. The van der Waals surface area contributed by atoms with E-state index in [4.69, 9.17) is 5.26 Å². The van der Waals surface area contributed by atoms with E-state index in [0.717, 1.165) is 16.6 Å². The predicted octanol–water partition coefficient (Wildman–Crippen LogP) is 5.95. The summed E-state index contributed by atoms with van der Waals surface area (Å²) in [6.45, 7) is 1.61. The molecular weight excluding hydrogens is 540 g/mol. The standard InChI is InChI=1S/C26H15F6N7O/c1-14-19(20-9-10-34-39(20)18-7-5-15(12-33)6-8-18)13-38-22(35-24(37-38)36-23(40)26(30,31)32)21(14)16-3-2-4-17(11-16)25(27,28)29/h2-11,13H,1H3,(H,36,37,40). The second-order valence-corrected chi connectivity index (χ2v) is 8.56. The number of carbonyl (C=O) groups excluding carboxylic acids is 1. The molecule has 0 atom stereocenters. The fourth-order valence-electron chi connectivity index (χ4n) is 4.18. The van der Waals surface area contributed by atoms with Crippen molar-refractivity contribution in [2.45, 2.75) is 19.3 Å². The topological polar surface area (TPSA) is 101 Å². The summed E-state index contributed by atoms with van der Waals surface area (Å²) in [5.41, 5.74) is 1.48. The molecule has 40 heavy (non-hydrogen) atoms. The van der Waals surface area contributed by atoms with Gasteiger partial charge in [-0.15, -0.1) is 5.10 Å². The Morgan fingerprint density at radius 1 is 1.02 bits per heavy atom. The quantitative estimate of drug-likeness (QED) is 0.276. The lowest BCUT2D eigenvalue weighted by Gasteiger charge is -2.16. The van der Waals surface area contributed by atoms with Crippen LogP contribution in [0.25, 0.3) is 33.7 Å². The lowest BCUT2D eigenvalue weighted by atomic mass is 9.95. The van der Waals surface area contributed by atoms with E-state index in [1.165, 1.54) is 29.2 Å². The van der Waals surface area contributed by atoms with Crippen LogP contribution in [0.1, 0.15) is 16.7 Å². The number of hydrogen-bond acceptors (Lipinski definition) is 5. The van der Waals surface area contributed by atoms with Gasteiger partial charge in [-0.1, -0.05) is 12.1 Å². The van der Waals surface area contributed by atoms with Gasteiger partial charge in [-0.3, -0.25) is 10.1 Å². The van der Waals surface area contributed by atoms with Gasteiger partial charge in [0.2, 0.25) is 5.95 Å². The van der Waals surface area contributed by atoms with E-state index in [1.54, 1.807) is 42.6 Å². The number of carbonyl (C=O) groups is 1. The minimum Gasteiger partial charge on any atom is -0.285 e. The molecular formula is C26H15F6N7O. The number of pyridine rings is 1. The Bertz CT molecular complexity index is 1790. The van der Waals surface area contributed by atoms with Gasteiger partial charge in [0.05, 0.1) is 34.8 Å². The molecule has 1 amide bonds. The first-order chi connectivity index (χ1) is 18.9. The minimum absolute atomic E-state index is 0.0738. The van der Waals surface area contributed by atoms with Crippen molar-refractivity contribution in [3.05, 3.63) is 83.7 Å². The third-order valence-electron chi connectivity index (χ3n) is 6.01. The molecule has 0 unspecified atom stereocenters. The molecule has 5 aromatic rings. The zero-order valence-corrected chi connectivity index (χ0v) is 20.2. The molecule has 1 N–H and O–H groups in total. The highest BCUT2D eigenvalue weighted by molar-refractivity contribution is 5.94. The lowest BCUT2D eigenvalue weighted by Crippen LogP contribution is -2.30. The van der Waals surface area contributed by atoms with Crippen molar-refractivity contribution in [1.82, 2.24) is 24.4 Å². The van der Waals surface area contributed by atoms with E-state index < -0.39 is 29.8 Å². The first kappa shape index (κ1) is 26.4. The van der Waals surface area contributed by atoms with Gasteiger partial charge in [0.15, 0.2) is 5.65 Å². The van der Waals surface area contributed by atoms with Crippen molar-refractivity contribution < 1.29 is 31.1 Å². The minimum atomic E-state index is -5.21. The molecule has 0 aliphatic heterocycles. The van der Waals surface area contributed by atoms with Crippen molar-refractivity contribution in [2.24, 2.45) is 0 Å². The van der Waals surface area contributed by atoms with E-state index in [-0.39, 0.29) is 16.8 Å². The Labute approximate surface area is 221 Å². The summed E-state index contributed by atoms with van der Waals surface area (Å²) in [7, 11) is 0. The summed E-state index contributed by atoms with van der Waals surface area (Å²) in [5.74, 6) is -2.99. The van der Waals surface area contributed by atoms with Crippen LogP contribution in [0.5, 0.6) is 0 Å². The number of amides is 1. The first-order valence-electron chi connectivity index (χ1n) is 11.4. The van der Waals surface area contributed by atoms with Crippen LogP contribution in [0, 0.1) is 18.3 Å². The number of fused-ring (bicyclic) bond motifs is 1. The second-order valence-electron chi connectivity index (χ2n) is 8.56. The van der Waals surface area contributed by atoms with Gasteiger partial charge in [-0.05, 0) is 60.5 Å². The number of anilines is 1. The monoisotopic (exact) mass is 555 g/mol. The van der Waals surface area contributed by atoms with Gasteiger partial charge in [-0.25, -0.2) is 9.20 Å². The van der Waals surface area contributed by atoms with E-state index in [2.05, 4.69) is 15.2 Å². The van der Waals surface area contributed by atoms with Gasteiger partial charge >= 0.3 is 18.3 Å². The van der Waals surface area contributed by atoms with Crippen molar-refractivity contribution in [1.29, 1.82) is 5.26 Å². The molecule has 0 bridgehead atoms. The summed E-state index contributed by atoms with van der Waals surface area (Å²) in [6, 6.07) is 14.5. The van der Waals surface area contributed by atoms with Crippen LogP contribution < -0.4 is 5.32 Å². The third kappa shape index (κ3) is 4.84. The molecule has 14 heteroatoms. The smallest absolute Gasteiger partial charge is 0.285 e. The van der Waals surface area contributed by atoms with E-state index in [0.29, 0.717) is 28.1 Å². The Kier molecular flexibility index (Phi) is 6.29. The molecule has 0 radical (unpaired) electrons. The van der Waals surface area contributed by atoms with E-state index in [9.17, 15) is 31.1 Å². The number of benzene rings is 2. The molecule has 3 heterocycles. The van der Waals surface area contributed by atoms with E-state index >= 15 is 0 Å².